The SMILES string of the molecule is Cc1ccc(OCCSc2nnc(C(C)N(C)C)n2-c2ccc(Cl)cc2)cc1. The van der Waals surface area contributed by atoms with Gasteiger partial charge in [-0.1, -0.05) is 41.1 Å². The van der Waals surface area contributed by atoms with Gasteiger partial charge in [0.05, 0.1) is 12.6 Å². The van der Waals surface area contributed by atoms with Gasteiger partial charge in [-0.05, 0) is 64.3 Å². The lowest BCUT2D eigenvalue weighted by Crippen LogP contribution is -2.20. The molecule has 2 aromatic carbocycles. The highest BCUT2D eigenvalue weighted by atomic mass is 35.5. The molecule has 3 aromatic rings. The Morgan fingerprint density at radius 2 is 1.75 bits per heavy atom. The van der Waals surface area contributed by atoms with E-state index < -0.39 is 0 Å². The van der Waals surface area contributed by atoms with Crippen LogP contribution >= 0.6 is 23.4 Å². The van der Waals surface area contributed by atoms with Crippen LogP contribution in [0, 0.1) is 6.92 Å². The van der Waals surface area contributed by atoms with Gasteiger partial charge in [-0.25, -0.2) is 0 Å². The van der Waals surface area contributed by atoms with Gasteiger partial charge in [0.1, 0.15) is 5.75 Å². The van der Waals surface area contributed by atoms with Gasteiger partial charge in [-0.2, -0.15) is 0 Å². The smallest absolute Gasteiger partial charge is 0.196 e. The fourth-order valence-corrected chi connectivity index (χ4v) is 3.54. The zero-order valence-electron chi connectivity index (χ0n) is 16.6. The number of hydrogen-bond acceptors (Lipinski definition) is 5. The number of thioether (sulfide) groups is 1. The number of ether oxygens (including phenoxy) is 1. The second-order valence-corrected chi connectivity index (χ2v) is 8.30. The van der Waals surface area contributed by atoms with E-state index in [1.54, 1.807) is 11.8 Å². The molecule has 0 fully saturated rings. The molecule has 1 unspecified atom stereocenters. The fraction of sp³-hybridized carbons (Fsp3) is 0.333. The third-order valence-corrected chi connectivity index (χ3v) is 5.64. The van der Waals surface area contributed by atoms with Gasteiger partial charge < -0.3 is 4.74 Å². The molecule has 7 heteroatoms. The van der Waals surface area contributed by atoms with E-state index in [1.165, 1.54) is 5.56 Å². The van der Waals surface area contributed by atoms with Crippen LogP contribution in [0.15, 0.2) is 53.7 Å². The molecule has 5 nitrogen and oxygen atoms in total. The minimum absolute atomic E-state index is 0.126. The molecule has 0 saturated carbocycles. The summed E-state index contributed by atoms with van der Waals surface area (Å²) < 4.78 is 7.93. The standard InChI is InChI=1S/C21H25ClN4OS/c1-15-5-11-19(12-6-15)27-13-14-28-21-24-23-20(16(2)25(3)4)26(21)18-9-7-17(22)8-10-18/h5-12,16H,13-14H2,1-4H3. The van der Waals surface area contributed by atoms with Crippen LogP contribution in [0.1, 0.15) is 24.4 Å². The van der Waals surface area contributed by atoms with Crippen molar-refractivity contribution < 1.29 is 4.74 Å². The highest BCUT2D eigenvalue weighted by molar-refractivity contribution is 7.99. The summed E-state index contributed by atoms with van der Waals surface area (Å²) in [5, 5.41) is 10.4. The molecule has 0 aliphatic carbocycles. The van der Waals surface area contributed by atoms with Crippen LogP contribution in [0.3, 0.4) is 0 Å². The Bertz CT molecular complexity index is 894. The molecule has 1 heterocycles. The van der Waals surface area contributed by atoms with Crippen LogP contribution in [0.2, 0.25) is 5.02 Å². The Morgan fingerprint density at radius 1 is 1.07 bits per heavy atom. The lowest BCUT2D eigenvalue weighted by atomic mass is 10.2. The first-order valence-corrected chi connectivity index (χ1v) is 10.5. The summed E-state index contributed by atoms with van der Waals surface area (Å²) in [6.07, 6.45) is 0. The minimum atomic E-state index is 0.126. The van der Waals surface area contributed by atoms with E-state index >= 15 is 0 Å². The van der Waals surface area contributed by atoms with Crippen molar-refractivity contribution in [3.05, 3.63) is 64.9 Å². The Morgan fingerprint density at radius 3 is 2.39 bits per heavy atom. The van der Waals surface area contributed by atoms with Gasteiger partial charge >= 0.3 is 0 Å². The molecule has 1 atom stereocenters. The second-order valence-electron chi connectivity index (χ2n) is 6.80. The summed E-state index contributed by atoms with van der Waals surface area (Å²) in [4.78, 5) is 2.12. The molecular formula is C21H25ClN4OS. The zero-order chi connectivity index (χ0) is 20.1. The van der Waals surface area contributed by atoms with Crippen molar-refractivity contribution in [3.8, 4) is 11.4 Å². The second kappa shape index (κ2) is 9.45. The molecule has 0 bridgehead atoms. The molecule has 148 valence electrons. The average molecular weight is 417 g/mol. The Labute approximate surface area is 175 Å². The Kier molecular flexibility index (Phi) is 6.99. The van der Waals surface area contributed by atoms with Crippen LogP contribution in [-0.4, -0.2) is 46.1 Å². The number of aromatic nitrogens is 3. The molecule has 0 N–H and O–H groups in total. The van der Waals surface area contributed by atoms with Crippen molar-refractivity contribution in [1.82, 2.24) is 19.7 Å². The summed E-state index contributed by atoms with van der Waals surface area (Å²) in [5.41, 5.74) is 2.22. The topological polar surface area (TPSA) is 43.2 Å². The van der Waals surface area contributed by atoms with Crippen molar-refractivity contribution in [2.45, 2.75) is 25.0 Å². The van der Waals surface area contributed by atoms with Crippen molar-refractivity contribution in [2.24, 2.45) is 0 Å². The van der Waals surface area contributed by atoms with Gasteiger partial charge in [-0.3, -0.25) is 9.47 Å². The molecule has 1 aromatic heterocycles. The van der Waals surface area contributed by atoms with Gasteiger partial charge in [0, 0.05) is 16.5 Å². The summed E-state index contributed by atoms with van der Waals surface area (Å²) >= 11 is 7.70. The molecule has 0 aliphatic heterocycles. The largest absolute Gasteiger partial charge is 0.493 e. The molecule has 0 aliphatic rings. The number of halogens is 1. The molecule has 0 spiro atoms. The van der Waals surface area contributed by atoms with E-state index in [4.69, 9.17) is 16.3 Å². The average Bonchev–Trinajstić information content (AvgIpc) is 3.10. The summed E-state index contributed by atoms with van der Waals surface area (Å²) in [7, 11) is 4.07. The predicted molar refractivity (Wildman–Crippen MR) is 116 cm³/mol. The third-order valence-electron chi connectivity index (χ3n) is 4.50. The van der Waals surface area contributed by atoms with Crippen molar-refractivity contribution >= 4 is 23.4 Å². The molecule has 3 rings (SSSR count). The number of rotatable bonds is 8. The number of benzene rings is 2. The third kappa shape index (κ3) is 5.07. The maximum atomic E-state index is 6.07. The normalized spacial score (nSPS) is 12.4. The fourth-order valence-electron chi connectivity index (χ4n) is 2.64. The van der Waals surface area contributed by atoms with Crippen LogP contribution in [0.25, 0.3) is 5.69 Å². The van der Waals surface area contributed by atoms with E-state index in [0.29, 0.717) is 11.6 Å². The maximum absolute atomic E-state index is 6.07. The highest BCUT2D eigenvalue weighted by Crippen LogP contribution is 2.27. The van der Waals surface area contributed by atoms with Crippen LogP contribution in [0.5, 0.6) is 5.75 Å². The minimum Gasteiger partial charge on any atom is -0.493 e. The lowest BCUT2D eigenvalue weighted by Gasteiger charge is -2.20. The van der Waals surface area contributed by atoms with Gasteiger partial charge in [0.15, 0.2) is 11.0 Å². The Hall–Kier alpha value is -2.02. The van der Waals surface area contributed by atoms with Crippen LogP contribution in [-0.2, 0) is 0 Å². The molecule has 28 heavy (non-hydrogen) atoms. The number of aryl methyl sites for hydroxylation is 1. The van der Waals surface area contributed by atoms with Gasteiger partial charge in [0.2, 0.25) is 0 Å². The maximum Gasteiger partial charge on any atom is 0.196 e. The first-order valence-electron chi connectivity index (χ1n) is 9.15. The summed E-state index contributed by atoms with van der Waals surface area (Å²) in [6.45, 7) is 4.78. The van der Waals surface area contributed by atoms with Gasteiger partial charge in [0.25, 0.3) is 0 Å². The highest BCUT2D eigenvalue weighted by Gasteiger charge is 2.20. The quantitative estimate of drug-likeness (QED) is 0.381. The van der Waals surface area contributed by atoms with E-state index in [1.807, 2.05) is 50.5 Å². The van der Waals surface area contributed by atoms with Crippen molar-refractivity contribution in [3.63, 3.8) is 0 Å². The van der Waals surface area contributed by atoms with Gasteiger partial charge in [-0.15, -0.1) is 10.2 Å². The van der Waals surface area contributed by atoms with Crippen molar-refractivity contribution in [1.29, 1.82) is 0 Å². The summed E-state index contributed by atoms with van der Waals surface area (Å²) in [5.74, 6) is 2.55. The van der Waals surface area contributed by atoms with Crippen molar-refractivity contribution in [2.75, 3.05) is 26.5 Å². The zero-order valence-corrected chi connectivity index (χ0v) is 18.2. The Balaban J connectivity index is 1.74. The van der Waals surface area contributed by atoms with E-state index in [0.717, 1.165) is 28.2 Å². The lowest BCUT2D eigenvalue weighted by molar-refractivity contribution is 0.305. The van der Waals surface area contributed by atoms with E-state index in [-0.39, 0.29) is 6.04 Å². The molecule has 0 radical (unpaired) electrons. The predicted octanol–water partition coefficient (Wildman–Crippen LogP) is 5.02. The summed E-state index contributed by atoms with van der Waals surface area (Å²) in [6, 6.07) is 16.0. The molecule has 0 saturated heterocycles. The van der Waals surface area contributed by atoms with E-state index in [2.05, 4.69) is 45.6 Å². The first kappa shape index (κ1) is 20.7. The number of hydrogen-bond donors (Lipinski definition) is 0. The molecule has 0 amide bonds. The molecular weight excluding hydrogens is 392 g/mol. The van der Waals surface area contributed by atoms with Crippen LogP contribution < -0.4 is 4.74 Å². The first-order chi connectivity index (χ1) is 13.5. The number of nitrogens with zero attached hydrogens (tertiary/aromatic N) is 4. The van der Waals surface area contributed by atoms with Crippen LogP contribution in [0.4, 0.5) is 0 Å². The van der Waals surface area contributed by atoms with E-state index in [9.17, 15) is 0 Å². The monoisotopic (exact) mass is 416 g/mol.